The van der Waals surface area contributed by atoms with E-state index in [9.17, 15) is 19.2 Å². The molecule has 0 atom stereocenters. The van der Waals surface area contributed by atoms with E-state index in [4.69, 9.17) is 10.5 Å². The third kappa shape index (κ3) is 13.1. The van der Waals surface area contributed by atoms with Crippen molar-refractivity contribution in [1.82, 2.24) is 21.3 Å². The summed E-state index contributed by atoms with van der Waals surface area (Å²) in [4.78, 5) is 45.4. The van der Waals surface area contributed by atoms with Crippen LogP contribution in [0.3, 0.4) is 0 Å². The van der Waals surface area contributed by atoms with Crippen LogP contribution < -0.4 is 27.0 Å². The molecule has 4 amide bonds. The molecule has 0 aliphatic heterocycles. The van der Waals surface area contributed by atoms with Gasteiger partial charge >= 0.3 is 6.09 Å². The van der Waals surface area contributed by atoms with Crippen molar-refractivity contribution in [1.29, 1.82) is 0 Å². The fourth-order valence-corrected chi connectivity index (χ4v) is 1.22. The summed E-state index contributed by atoms with van der Waals surface area (Å²) in [5.74, 6) is -1.46. The second kappa shape index (κ2) is 10.4. The first-order valence-electron chi connectivity index (χ1n) is 7.11. The average Bonchev–Trinajstić information content (AvgIpc) is 2.44. The monoisotopic (exact) mass is 331 g/mol. The lowest BCUT2D eigenvalue weighted by Gasteiger charge is -2.19. The summed E-state index contributed by atoms with van der Waals surface area (Å²) in [5.41, 5.74) is 4.55. The molecule has 6 N–H and O–H groups in total. The van der Waals surface area contributed by atoms with Gasteiger partial charge in [-0.05, 0) is 20.8 Å². The van der Waals surface area contributed by atoms with Gasteiger partial charge < -0.3 is 31.7 Å². The molecule has 0 radical (unpaired) electrons. The van der Waals surface area contributed by atoms with E-state index >= 15 is 0 Å². The number of alkyl carbamates (subject to hydrolysis) is 1. The number of hydrogen-bond acceptors (Lipinski definition) is 6. The van der Waals surface area contributed by atoms with Crippen LogP contribution in [0.1, 0.15) is 20.8 Å². The van der Waals surface area contributed by atoms with E-state index in [1.165, 1.54) is 0 Å². The number of rotatable bonds is 8. The first kappa shape index (κ1) is 20.6. The van der Waals surface area contributed by atoms with Gasteiger partial charge in [0.25, 0.3) is 0 Å². The standard InChI is InChI=1S/C13H25N5O5/c1-13(2,3)23-12(22)18-8-11(21)17-7-10(20)16-6-9(19)15-5-4-14/h4-8,14H2,1-3H3,(H,15,19)(H,16,20)(H,17,21)(H,18,22). The van der Waals surface area contributed by atoms with Gasteiger partial charge in [0, 0.05) is 13.1 Å². The van der Waals surface area contributed by atoms with E-state index in [1.54, 1.807) is 20.8 Å². The Morgan fingerprint density at radius 2 is 1.26 bits per heavy atom. The maximum atomic E-state index is 11.4. The van der Waals surface area contributed by atoms with E-state index < -0.39 is 23.5 Å². The van der Waals surface area contributed by atoms with Crippen LogP contribution in [-0.2, 0) is 19.1 Å². The average molecular weight is 331 g/mol. The third-order valence-corrected chi connectivity index (χ3v) is 2.15. The number of nitrogens with one attached hydrogen (secondary N) is 4. The summed E-state index contributed by atoms with van der Waals surface area (Å²) in [6.45, 7) is 4.88. The molecular formula is C13H25N5O5. The molecule has 0 saturated heterocycles. The zero-order chi connectivity index (χ0) is 17.9. The van der Waals surface area contributed by atoms with E-state index in [1.807, 2.05) is 0 Å². The molecule has 0 aromatic heterocycles. The molecule has 0 fully saturated rings. The van der Waals surface area contributed by atoms with Crippen LogP contribution in [0.25, 0.3) is 0 Å². The normalized spacial score (nSPS) is 10.4. The van der Waals surface area contributed by atoms with Crippen molar-refractivity contribution in [3.05, 3.63) is 0 Å². The lowest BCUT2D eigenvalue weighted by molar-refractivity contribution is -0.127. The molecule has 0 aliphatic rings. The summed E-state index contributed by atoms with van der Waals surface area (Å²) < 4.78 is 4.95. The highest BCUT2D eigenvalue weighted by Gasteiger charge is 2.16. The summed E-state index contributed by atoms with van der Waals surface area (Å²) in [5, 5.41) is 9.35. The minimum atomic E-state index is -0.728. The Morgan fingerprint density at radius 1 is 0.826 bits per heavy atom. The predicted molar refractivity (Wildman–Crippen MR) is 82.3 cm³/mol. The molecule has 0 heterocycles. The number of hydrogen-bond donors (Lipinski definition) is 5. The second-order valence-corrected chi connectivity index (χ2v) is 5.55. The number of carbonyl (C=O) groups excluding carboxylic acids is 4. The van der Waals surface area contributed by atoms with Gasteiger partial charge in [-0.1, -0.05) is 0 Å². The largest absolute Gasteiger partial charge is 0.444 e. The Labute approximate surface area is 134 Å². The van der Waals surface area contributed by atoms with Gasteiger partial charge in [0.15, 0.2) is 0 Å². The SMILES string of the molecule is CC(C)(C)OC(=O)NCC(=O)NCC(=O)NCC(=O)NCCN. The second-order valence-electron chi connectivity index (χ2n) is 5.55. The zero-order valence-corrected chi connectivity index (χ0v) is 13.7. The van der Waals surface area contributed by atoms with Gasteiger partial charge in [0.2, 0.25) is 17.7 Å². The van der Waals surface area contributed by atoms with Crippen molar-refractivity contribution in [2.24, 2.45) is 5.73 Å². The minimum absolute atomic E-state index is 0.204. The van der Waals surface area contributed by atoms with Crippen LogP contribution in [-0.4, -0.2) is 62.1 Å². The molecule has 132 valence electrons. The first-order valence-corrected chi connectivity index (χ1v) is 7.11. The molecule has 0 aliphatic carbocycles. The van der Waals surface area contributed by atoms with Crippen LogP contribution in [0.4, 0.5) is 4.79 Å². The van der Waals surface area contributed by atoms with E-state index in [0.717, 1.165) is 0 Å². The fraction of sp³-hybridized carbons (Fsp3) is 0.692. The summed E-state index contributed by atoms with van der Waals surface area (Å²) >= 11 is 0. The number of amides is 4. The lowest BCUT2D eigenvalue weighted by atomic mass is 10.2. The van der Waals surface area contributed by atoms with Gasteiger partial charge in [-0.3, -0.25) is 14.4 Å². The van der Waals surface area contributed by atoms with Gasteiger partial charge in [0.1, 0.15) is 12.1 Å². The number of carbonyl (C=O) groups is 4. The van der Waals surface area contributed by atoms with E-state index in [-0.39, 0.29) is 25.5 Å². The lowest BCUT2D eigenvalue weighted by Crippen LogP contribution is -2.45. The van der Waals surface area contributed by atoms with Crippen LogP contribution in [0.15, 0.2) is 0 Å². The third-order valence-electron chi connectivity index (χ3n) is 2.15. The van der Waals surface area contributed by atoms with Crippen LogP contribution in [0.5, 0.6) is 0 Å². The Balaban J connectivity index is 3.82. The molecule has 10 heteroatoms. The summed E-state index contributed by atoms with van der Waals surface area (Å²) in [7, 11) is 0. The first-order chi connectivity index (χ1) is 10.6. The predicted octanol–water partition coefficient (Wildman–Crippen LogP) is -2.18. The summed E-state index contributed by atoms with van der Waals surface area (Å²) in [6, 6.07) is 0. The number of ether oxygens (including phenoxy) is 1. The van der Waals surface area contributed by atoms with Gasteiger partial charge in [0.05, 0.1) is 13.1 Å². The van der Waals surface area contributed by atoms with Crippen molar-refractivity contribution in [3.8, 4) is 0 Å². The maximum absolute atomic E-state index is 11.4. The Morgan fingerprint density at radius 3 is 1.70 bits per heavy atom. The van der Waals surface area contributed by atoms with Crippen molar-refractivity contribution in [2.45, 2.75) is 26.4 Å². The molecule has 10 nitrogen and oxygen atoms in total. The smallest absolute Gasteiger partial charge is 0.408 e. The highest BCUT2D eigenvalue weighted by molar-refractivity contribution is 5.89. The summed E-state index contributed by atoms with van der Waals surface area (Å²) in [6.07, 6.45) is -0.728. The van der Waals surface area contributed by atoms with Crippen molar-refractivity contribution in [2.75, 3.05) is 32.7 Å². The molecule has 0 aromatic carbocycles. The molecule has 0 unspecified atom stereocenters. The van der Waals surface area contributed by atoms with Crippen molar-refractivity contribution < 1.29 is 23.9 Å². The van der Waals surface area contributed by atoms with Crippen LogP contribution in [0.2, 0.25) is 0 Å². The number of nitrogens with two attached hydrogens (primary N) is 1. The van der Waals surface area contributed by atoms with Crippen LogP contribution in [0, 0.1) is 0 Å². The van der Waals surface area contributed by atoms with Crippen molar-refractivity contribution >= 4 is 23.8 Å². The maximum Gasteiger partial charge on any atom is 0.408 e. The highest BCUT2D eigenvalue weighted by Crippen LogP contribution is 2.05. The van der Waals surface area contributed by atoms with Gasteiger partial charge in [-0.15, -0.1) is 0 Å². The van der Waals surface area contributed by atoms with Gasteiger partial charge in [-0.2, -0.15) is 0 Å². The van der Waals surface area contributed by atoms with E-state index in [2.05, 4.69) is 21.3 Å². The highest BCUT2D eigenvalue weighted by atomic mass is 16.6. The van der Waals surface area contributed by atoms with E-state index in [0.29, 0.717) is 13.1 Å². The quantitative estimate of drug-likeness (QED) is 0.341. The molecule has 0 aromatic rings. The van der Waals surface area contributed by atoms with Crippen molar-refractivity contribution in [3.63, 3.8) is 0 Å². The van der Waals surface area contributed by atoms with Gasteiger partial charge in [-0.25, -0.2) is 4.79 Å². The zero-order valence-electron chi connectivity index (χ0n) is 13.7. The fourth-order valence-electron chi connectivity index (χ4n) is 1.22. The minimum Gasteiger partial charge on any atom is -0.444 e. The topological polar surface area (TPSA) is 152 Å². The molecular weight excluding hydrogens is 306 g/mol. The van der Waals surface area contributed by atoms with Crippen LogP contribution >= 0.6 is 0 Å². The molecule has 0 saturated carbocycles. The molecule has 0 rings (SSSR count). The Kier molecular flexibility index (Phi) is 9.31. The Hall–Kier alpha value is -2.36. The molecule has 0 spiro atoms. The molecule has 0 bridgehead atoms. The Bertz CT molecular complexity index is 433. The molecule has 23 heavy (non-hydrogen) atoms.